The quantitative estimate of drug-likeness (QED) is 0.764. The summed E-state index contributed by atoms with van der Waals surface area (Å²) in [6.45, 7) is 4.24. The molecule has 0 atom stereocenters. The first-order chi connectivity index (χ1) is 13.3. The first-order valence-corrected chi connectivity index (χ1v) is 9.07. The third kappa shape index (κ3) is 3.68. The van der Waals surface area contributed by atoms with Crippen LogP contribution in [0.4, 0.5) is 5.82 Å². The number of hydrogen-bond donors (Lipinski definition) is 0. The summed E-state index contributed by atoms with van der Waals surface area (Å²) < 4.78 is 10.5. The van der Waals surface area contributed by atoms with E-state index in [4.69, 9.17) is 9.47 Å². The van der Waals surface area contributed by atoms with Crippen molar-refractivity contribution in [3.63, 3.8) is 0 Å². The molecule has 0 aromatic carbocycles. The fourth-order valence-electron chi connectivity index (χ4n) is 3.43. The Balaban J connectivity index is 1.51. The fraction of sp³-hybridized carbons (Fsp3) is 0.500. The van der Waals surface area contributed by atoms with Crippen molar-refractivity contribution >= 4 is 11.7 Å². The molecule has 9 heteroatoms. The second-order valence-electron chi connectivity index (χ2n) is 6.46. The highest BCUT2D eigenvalue weighted by Gasteiger charge is 2.26. The van der Waals surface area contributed by atoms with Gasteiger partial charge in [-0.1, -0.05) is 0 Å². The molecule has 2 aliphatic heterocycles. The molecule has 0 aliphatic carbocycles. The van der Waals surface area contributed by atoms with E-state index < -0.39 is 0 Å². The molecule has 142 valence electrons. The number of carbonyl (C=O) groups is 1. The molecule has 0 saturated carbocycles. The van der Waals surface area contributed by atoms with E-state index in [1.807, 2.05) is 0 Å². The smallest absolute Gasteiger partial charge is 0.291 e. The number of methoxy groups -OCH3 is 1. The van der Waals surface area contributed by atoms with Crippen LogP contribution in [0.25, 0.3) is 0 Å². The van der Waals surface area contributed by atoms with E-state index in [0.717, 1.165) is 30.2 Å². The van der Waals surface area contributed by atoms with E-state index in [1.54, 1.807) is 18.3 Å². The molecule has 9 nitrogen and oxygen atoms in total. The zero-order valence-electron chi connectivity index (χ0n) is 15.3. The third-order valence-corrected chi connectivity index (χ3v) is 4.92. The van der Waals surface area contributed by atoms with Gasteiger partial charge in [-0.15, -0.1) is 0 Å². The van der Waals surface area contributed by atoms with Crippen molar-refractivity contribution in [2.75, 3.05) is 51.4 Å². The van der Waals surface area contributed by atoms with E-state index in [2.05, 4.69) is 24.8 Å². The van der Waals surface area contributed by atoms with Gasteiger partial charge >= 0.3 is 0 Å². The number of fused-ring (bicyclic) bond motifs is 1. The third-order valence-electron chi connectivity index (χ3n) is 4.92. The number of carbonyl (C=O) groups excluding carboxylic acids is 1. The highest BCUT2D eigenvalue weighted by atomic mass is 16.5. The average Bonchev–Trinajstić information content (AvgIpc) is 2.96. The van der Waals surface area contributed by atoms with Crippen LogP contribution in [-0.4, -0.2) is 77.2 Å². The molecule has 1 fully saturated rings. The van der Waals surface area contributed by atoms with Gasteiger partial charge in [-0.25, -0.2) is 19.9 Å². The molecule has 2 aliphatic rings. The fourth-order valence-corrected chi connectivity index (χ4v) is 3.43. The number of rotatable bonds is 3. The Labute approximate surface area is 157 Å². The van der Waals surface area contributed by atoms with Crippen LogP contribution in [0.5, 0.6) is 5.75 Å². The normalized spacial score (nSPS) is 17.2. The van der Waals surface area contributed by atoms with Crippen molar-refractivity contribution in [3.05, 3.63) is 35.8 Å². The maximum Gasteiger partial charge on any atom is 0.291 e. The summed E-state index contributed by atoms with van der Waals surface area (Å²) >= 11 is 0. The zero-order chi connectivity index (χ0) is 18.6. The minimum atomic E-state index is -0.175. The largest absolute Gasteiger partial charge is 0.494 e. The molecule has 27 heavy (non-hydrogen) atoms. The molecule has 0 bridgehead atoms. The number of morpholine rings is 1. The van der Waals surface area contributed by atoms with E-state index in [9.17, 15) is 4.79 Å². The highest BCUT2D eigenvalue weighted by molar-refractivity contribution is 5.90. The number of ether oxygens (including phenoxy) is 2. The Bertz CT molecular complexity index is 807. The van der Waals surface area contributed by atoms with Gasteiger partial charge in [0.15, 0.2) is 5.75 Å². The van der Waals surface area contributed by atoms with Crippen LogP contribution in [0.3, 0.4) is 0 Å². The topological polar surface area (TPSA) is 93.6 Å². The van der Waals surface area contributed by atoms with Gasteiger partial charge in [0.2, 0.25) is 5.82 Å². The number of nitrogens with zero attached hydrogens (tertiary/aromatic N) is 6. The number of aromatic nitrogens is 4. The Hall–Kier alpha value is -2.81. The Morgan fingerprint density at radius 3 is 2.52 bits per heavy atom. The molecule has 2 aromatic heterocycles. The van der Waals surface area contributed by atoms with Crippen LogP contribution < -0.4 is 9.64 Å². The van der Waals surface area contributed by atoms with Crippen molar-refractivity contribution in [3.8, 4) is 5.75 Å². The van der Waals surface area contributed by atoms with Gasteiger partial charge in [0.1, 0.15) is 12.1 Å². The van der Waals surface area contributed by atoms with Crippen LogP contribution in [0.2, 0.25) is 0 Å². The van der Waals surface area contributed by atoms with Crippen LogP contribution in [0.15, 0.2) is 18.7 Å². The molecule has 2 aromatic rings. The highest BCUT2D eigenvalue weighted by Crippen LogP contribution is 2.24. The van der Waals surface area contributed by atoms with E-state index in [0.29, 0.717) is 44.9 Å². The molecule has 1 saturated heterocycles. The summed E-state index contributed by atoms with van der Waals surface area (Å²) in [5, 5.41) is 0. The Kier molecular flexibility index (Phi) is 5.10. The van der Waals surface area contributed by atoms with Gasteiger partial charge in [-0.05, 0) is 6.42 Å². The SMILES string of the molecule is COc1cnc(C(=O)N2CCc3ncnc(N4CCOCC4)c3CC2)nc1. The summed E-state index contributed by atoms with van der Waals surface area (Å²) in [5.74, 6) is 1.51. The maximum absolute atomic E-state index is 12.8. The average molecular weight is 370 g/mol. The number of anilines is 1. The summed E-state index contributed by atoms with van der Waals surface area (Å²) in [6, 6.07) is 0. The van der Waals surface area contributed by atoms with Crippen molar-refractivity contribution in [1.29, 1.82) is 0 Å². The molecular weight excluding hydrogens is 348 g/mol. The van der Waals surface area contributed by atoms with Gasteiger partial charge in [0.05, 0.1) is 38.4 Å². The number of hydrogen-bond acceptors (Lipinski definition) is 8. The lowest BCUT2D eigenvalue weighted by Gasteiger charge is -2.29. The predicted molar refractivity (Wildman–Crippen MR) is 97.0 cm³/mol. The summed E-state index contributed by atoms with van der Waals surface area (Å²) in [5.41, 5.74) is 2.14. The lowest BCUT2D eigenvalue weighted by molar-refractivity contribution is 0.0750. The van der Waals surface area contributed by atoms with Crippen molar-refractivity contribution in [2.45, 2.75) is 12.8 Å². The molecule has 0 spiro atoms. The lowest BCUT2D eigenvalue weighted by Crippen LogP contribution is -2.37. The molecule has 0 radical (unpaired) electrons. The molecule has 0 unspecified atom stereocenters. The van der Waals surface area contributed by atoms with Crippen LogP contribution in [0, 0.1) is 0 Å². The van der Waals surface area contributed by atoms with Gasteiger partial charge < -0.3 is 19.3 Å². The predicted octanol–water partition coefficient (Wildman–Crippen LogP) is 0.353. The van der Waals surface area contributed by atoms with Crippen LogP contribution >= 0.6 is 0 Å². The van der Waals surface area contributed by atoms with Crippen molar-refractivity contribution in [2.24, 2.45) is 0 Å². The summed E-state index contributed by atoms with van der Waals surface area (Å²) in [4.78, 5) is 34.0. The van der Waals surface area contributed by atoms with Crippen molar-refractivity contribution in [1.82, 2.24) is 24.8 Å². The monoisotopic (exact) mass is 370 g/mol. The first kappa shape index (κ1) is 17.6. The van der Waals surface area contributed by atoms with E-state index >= 15 is 0 Å². The lowest BCUT2D eigenvalue weighted by atomic mass is 10.1. The second kappa shape index (κ2) is 7.83. The van der Waals surface area contributed by atoms with Gasteiger partial charge in [-0.3, -0.25) is 4.79 Å². The van der Waals surface area contributed by atoms with E-state index in [-0.39, 0.29) is 11.7 Å². The van der Waals surface area contributed by atoms with Crippen molar-refractivity contribution < 1.29 is 14.3 Å². The minimum Gasteiger partial charge on any atom is -0.494 e. The van der Waals surface area contributed by atoms with Gasteiger partial charge in [0, 0.05) is 38.2 Å². The molecule has 4 heterocycles. The first-order valence-electron chi connectivity index (χ1n) is 9.07. The standard InChI is InChI=1S/C18H22N6O3/c1-26-13-10-19-16(20-11-13)18(25)24-4-2-14-15(3-5-24)21-12-22-17(14)23-6-8-27-9-7-23/h10-12H,2-9H2,1H3. The molecular formula is C18H22N6O3. The summed E-state index contributed by atoms with van der Waals surface area (Å²) in [7, 11) is 1.54. The molecule has 0 N–H and O–H groups in total. The Morgan fingerprint density at radius 1 is 1.04 bits per heavy atom. The van der Waals surface area contributed by atoms with Crippen LogP contribution in [-0.2, 0) is 17.6 Å². The second-order valence-corrected chi connectivity index (χ2v) is 6.46. The summed E-state index contributed by atoms with van der Waals surface area (Å²) in [6.07, 6.45) is 6.04. The number of amides is 1. The van der Waals surface area contributed by atoms with Gasteiger partial charge in [-0.2, -0.15) is 0 Å². The Morgan fingerprint density at radius 2 is 1.78 bits per heavy atom. The maximum atomic E-state index is 12.8. The van der Waals surface area contributed by atoms with E-state index in [1.165, 1.54) is 12.4 Å². The van der Waals surface area contributed by atoms with Crippen LogP contribution in [0.1, 0.15) is 21.9 Å². The molecule has 4 rings (SSSR count). The van der Waals surface area contributed by atoms with Gasteiger partial charge in [0.25, 0.3) is 5.91 Å². The molecule has 1 amide bonds. The minimum absolute atomic E-state index is 0.175. The zero-order valence-corrected chi connectivity index (χ0v) is 15.3.